The second-order valence-corrected chi connectivity index (χ2v) is 7.87. The van der Waals surface area contributed by atoms with Gasteiger partial charge in [-0.1, -0.05) is 48.5 Å². The number of aromatic nitrogens is 3. The molecule has 0 unspecified atom stereocenters. The lowest BCUT2D eigenvalue weighted by Gasteiger charge is -2.23. The molecule has 0 N–H and O–H groups in total. The van der Waals surface area contributed by atoms with E-state index in [2.05, 4.69) is 14.8 Å². The van der Waals surface area contributed by atoms with Crippen molar-refractivity contribution in [2.24, 2.45) is 0 Å². The van der Waals surface area contributed by atoms with Crippen LogP contribution in [0.15, 0.2) is 35.5 Å². The summed E-state index contributed by atoms with van der Waals surface area (Å²) in [5, 5.41) is 9.45. The van der Waals surface area contributed by atoms with Crippen molar-refractivity contribution in [1.82, 2.24) is 19.7 Å². The van der Waals surface area contributed by atoms with E-state index in [1.54, 1.807) is 11.8 Å². The maximum atomic E-state index is 13.2. The van der Waals surface area contributed by atoms with Crippen LogP contribution in [0, 0.1) is 0 Å². The van der Waals surface area contributed by atoms with Gasteiger partial charge in [0.2, 0.25) is 5.91 Å². The van der Waals surface area contributed by atoms with Crippen molar-refractivity contribution >= 4 is 17.7 Å². The molecular weight excluding hydrogens is 332 g/mol. The van der Waals surface area contributed by atoms with Crippen molar-refractivity contribution < 1.29 is 4.79 Å². The number of rotatable bonds is 4. The Hall–Kier alpha value is -1.82. The molecule has 2 aliphatic heterocycles. The number of carbonyl (C=O) groups excluding carboxylic acids is 1. The molecule has 0 saturated carbocycles. The summed E-state index contributed by atoms with van der Waals surface area (Å²) in [6.45, 7) is 2.71. The molecule has 2 aromatic rings. The monoisotopic (exact) mass is 356 g/mol. The topological polar surface area (TPSA) is 51.0 Å². The normalized spacial score (nSPS) is 18.6. The molecule has 1 atom stereocenters. The lowest BCUT2D eigenvalue weighted by atomic mass is 10.1. The predicted molar refractivity (Wildman–Crippen MR) is 98.4 cm³/mol. The van der Waals surface area contributed by atoms with E-state index in [4.69, 9.17) is 0 Å². The number of likely N-dealkylation sites (tertiary alicyclic amines) is 1. The van der Waals surface area contributed by atoms with E-state index < -0.39 is 0 Å². The highest BCUT2D eigenvalue weighted by Gasteiger charge is 2.30. The molecule has 3 heterocycles. The second-order valence-electron chi connectivity index (χ2n) is 6.80. The van der Waals surface area contributed by atoms with E-state index in [1.807, 2.05) is 35.2 Å². The minimum absolute atomic E-state index is 0.208. The van der Waals surface area contributed by atoms with E-state index in [-0.39, 0.29) is 11.2 Å². The SMILES string of the molecule is O=C([C@@H](Sc1nnc2n1CCCCC2)c1ccccc1)N1CCCC1. The van der Waals surface area contributed by atoms with Gasteiger partial charge < -0.3 is 9.47 Å². The molecule has 1 aromatic carbocycles. The first kappa shape index (κ1) is 16.6. The first-order valence-corrected chi connectivity index (χ1v) is 10.1. The van der Waals surface area contributed by atoms with Crippen LogP contribution in [-0.2, 0) is 17.8 Å². The van der Waals surface area contributed by atoms with Crippen LogP contribution in [0.5, 0.6) is 0 Å². The average Bonchev–Trinajstić information content (AvgIpc) is 3.25. The Morgan fingerprint density at radius 1 is 0.960 bits per heavy atom. The van der Waals surface area contributed by atoms with E-state index in [0.29, 0.717) is 0 Å². The number of carbonyl (C=O) groups is 1. The molecule has 0 radical (unpaired) electrons. The highest BCUT2D eigenvalue weighted by atomic mass is 32.2. The lowest BCUT2D eigenvalue weighted by Crippen LogP contribution is -2.31. The van der Waals surface area contributed by atoms with Crippen molar-refractivity contribution in [3.63, 3.8) is 0 Å². The fourth-order valence-corrected chi connectivity index (χ4v) is 4.81. The van der Waals surface area contributed by atoms with Gasteiger partial charge in [-0.05, 0) is 31.2 Å². The van der Waals surface area contributed by atoms with Crippen LogP contribution in [0.25, 0.3) is 0 Å². The van der Waals surface area contributed by atoms with Crippen LogP contribution in [0.1, 0.15) is 48.7 Å². The van der Waals surface area contributed by atoms with Crippen LogP contribution in [0.4, 0.5) is 0 Å². The van der Waals surface area contributed by atoms with Gasteiger partial charge in [-0.15, -0.1) is 10.2 Å². The predicted octanol–water partition coefficient (Wildman–Crippen LogP) is 3.46. The molecule has 4 rings (SSSR count). The number of hydrogen-bond donors (Lipinski definition) is 0. The summed E-state index contributed by atoms with van der Waals surface area (Å²) >= 11 is 1.57. The molecule has 1 aromatic heterocycles. The molecule has 1 amide bonds. The minimum Gasteiger partial charge on any atom is -0.341 e. The average molecular weight is 356 g/mol. The first-order valence-electron chi connectivity index (χ1n) is 9.25. The first-order chi connectivity index (χ1) is 12.3. The van der Waals surface area contributed by atoms with Crippen molar-refractivity contribution in [1.29, 1.82) is 0 Å². The molecule has 2 aliphatic rings. The zero-order chi connectivity index (χ0) is 17.1. The van der Waals surface area contributed by atoms with Gasteiger partial charge in [0.25, 0.3) is 0 Å². The number of aryl methyl sites for hydroxylation is 1. The molecule has 0 bridgehead atoms. The van der Waals surface area contributed by atoms with Gasteiger partial charge in [0.1, 0.15) is 11.1 Å². The summed E-state index contributed by atoms with van der Waals surface area (Å²) in [5.74, 6) is 1.28. The van der Waals surface area contributed by atoms with Gasteiger partial charge in [0.15, 0.2) is 5.16 Å². The summed E-state index contributed by atoms with van der Waals surface area (Å²) in [4.78, 5) is 15.2. The summed E-state index contributed by atoms with van der Waals surface area (Å²) in [6, 6.07) is 10.1. The van der Waals surface area contributed by atoms with Gasteiger partial charge in [-0.3, -0.25) is 4.79 Å². The minimum atomic E-state index is -0.240. The van der Waals surface area contributed by atoms with Gasteiger partial charge in [-0.25, -0.2) is 0 Å². The van der Waals surface area contributed by atoms with E-state index in [9.17, 15) is 4.79 Å². The Labute approximate surface area is 152 Å². The molecule has 0 spiro atoms. The zero-order valence-electron chi connectivity index (χ0n) is 14.4. The van der Waals surface area contributed by atoms with Crippen LogP contribution < -0.4 is 0 Å². The van der Waals surface area contributed by atoms with Crippen molar-refractivity contribution in [2.45, 2.75) is 55.5 Å². The van der Waals surface area contributed by atoms with Gasteiger partial charge >= 0.3 is 0 Å². The van der Waals surface area contributed by atoms with E-state index in [1.165, 1.54) is 12.8 Å². The summed E-state index contributed by atoms with van der Waals surface area (Å²) in [7, 11) is 0. The molecule has 6 heteroatoms. The fraction of sp³-hybridized carbons (Fsp3) is 0.526. The molecular formula is C19H24N4OS. The third-order valence-electron chi connectivity index (χ3n) is 5.04. The highest BCUT2D eigenvalue weighted by Crippen LogP contribution is 2.37. The molecule has 1 fully saturated rings. The third-order valence-corrected chi connectivity index (χ3v) is 6.27. The summed E-state index contributed by atoms with van der Waals surface area (Å²) in [5.41, 5.74) is 1.05. The smallest absolute Gasteiger partial charge is 0.240 e. The van der Waals surface area contributed by atoms with Gasteiger partial charge in [-0.2, -0.15) is 0 Å². The molecule has 25 heavy (non-hydrogen) atoms. The number of fused-ring (bicyclic) bond motifs is 1. The largest absolute Gasteiger partial charge is 0.341 e. The Balaban J connectivity index is 1.62. The Morgan fingerprint density at radius 2 is 1.72 bits per heavy atom. The fourth-order valence-electron chi connectivity index (χ4n) is 3.64. The third kappa shape index (κ3) is 3.59. The van der Waals surface area contributed by atoms with Crippen molar-refractivity contribution in [3.05, 3.63) is 41.7 Å². The van der Waals surface area contributed by atoms with Gasteiger partial charge in [0.05, 0.1) is 0 Å². The van der Waals surface area contributed by atoms with Crippen molar-refractivity contribution in [3.8, 4) is 0 Å². The second kappa shape index (κ2) is 7.60. The molecule has 5 nitrogen and oxygen atoms in total. The van der Waals surface area contributed by atoms with Crippen LogP contribution in [-0.4, -0.2) is 38.7 Å². The lowest BCUT2D eigenvalue weighted by molar-refractivity contribution is -0.129. The van der Waals surface area contributed by atoms with E-state index in [0.717, 1.165) is 61.9 Å². The summed E-state index contributed by atoms with van der Waals surface area (Å²) in [6.07, 6.45) is 6.79. The Kier molecular flexibility index (Phi) is 5.06. The highest BCUT2D eigenvalue weighted by molar-refractivity contribution is 8.00. The zero-order valence-corrected chi connectivity index (χ0v) is 15.2. The van der Waals surface area contributed by atoms with Gasteiger partial charge in [0, 0.05) is 26.1 Å². The van der Waals surface area contributed by atoms with Crippen molar-refractivity contribution in [2.75, 3.05) is 13.1 Å². The quantitative estimate of drug-likeness (QED) is 0.787. The van der Waals surface area contributed by atoms with Crippen LogP contribution in [0.3, 0.4) is 0 Å². The Bertz CT molecular complexity index is 724. The number of amides is 1. The van der Waals surface area contributed by atoms with Crippen LogP contribution in [0.2, 0.25) is 0 Å². The number of nitrogens with zero attached hydrogens (tertiary/aromatic N) is 4. The molecule has 132 valence electrons. The number of benzene rings is 1. The maximum Gasteiger partial charge on any atom is 0.240 e. The number of hydrogen-bond acceptors (Lipinski definition) is 4. The standard InChI is InChI=1S/C19H24N4OS/c24-18(22-12-7-8-13-22)17(15-9-3-1-4-10-15)25-19-21-20-16-11-5-2-6-14-23(16)19/h1,3-4,9-10,17H,2,5-8,11-14H2/t17-/m0/s1. The van der Waals surface area contributed by atoms with Crippen LogP contribution >= 0.6 is 11.8 Å². The molecule has 1 saturated heterocycles. The summed E-state index contributed by atoms with van der Waals surface area (Å²) < 4.78 is 2.23. The maximum absolute atomic E-state index is 13.2. The van der Waals surface area contributed by atoms with E-state index >= 15 is 0 Å². The molecule has 0 aliphatic carbocycles. The Morgan fingerprint density at radius 3 is 2.52 bits per heavy atom. The number of thioether (sulfide) groups is 1.